The summed E-state index contributed by atoms with van der Waals surface area (Å²) in [5.41, 5.74) is 5.36. The molecule has 3 aliphatic heterocycles. The van der Waals surface area contributed by atoms with Gasteiger partial charge >= 0.3 is 0 Å². The fourth-order valence-corrected chi connectivity index (χ4v) is 5.96. The highest BCUT2D eigenvalue weighted by Crippen LogP contribution is 2.35. The van der Waals surface area contributed by atoms with Crippen molar-refractivity contribution in [2.75, 3.05) is 19.6 Å². The molecule has 3 amide bonds. The molecule has 5 rings (SSSR count). The van der Waals surface area contributed by atoms with E-state index in [9.17, 15) is 14.4 Å². The lowest BCUT2D eigenvalue weighted by molar-refractivity contribution is -0.136. The Kier molecular flexibility index (Phi) is 7.93. The summed E-state index contributed by atoms with van der Waals surface area (Å²) in [6.07, 6.45) is 4.70. The summed E-state index contributed by atoms with van der Waals surface area (Å²) in [7, 11) is 0. The summed E-state index contributed by atoms with van der Waals surface area (Å²) in [6, 6.07) is 11.3. The molecule has 0 radical (unpaired) electrons. The molecule has 196 valence electrons. The van der Waals surface area contributed by atoms with Gasteiger partial charge in [0.2, 0.25) is 11.8 Å². The second-order valence-corrected chi connectivity index (χ2v) is 10.6. The number of benzene rings is 2. The van der Waals surface area contributed by atoms with Gasteiger partial charge in [0.05, 0.1) is 12.7 Å². The van der Waals surface area contributed by atoms with Crippen molar-refractivity contribution in [2.45, 2.75) is 70.7 Å². The van der Waals surface area contributed by atoms with E-state index in [2.05, 4.69) is 29.3 Å². The fraction of sp³-hybridized carbons (Fsp3) is 0.483. The van der Waals surface area contributed by atoms with Crippen LogP contribution in [-0.4, -0.2) is 53.2 Å². The summed E-state index contributed by atoms with van der Waals surface area (Å²) in [5, 5.41) is 3.13. The number of amides is 3. The van der Waals surface area contributed by atoms with Crippen molar-refractivity contribution in [3.8, 4) is 0 Å². The molecule has 0 aliphatic carbocycles. The van der Waals surface area contributed by atoms with E-state index >= 15 is 0 Å². The summed E-state index contributed by atoms with van der Waals surface area (Å²) >= 11 is 6.20. The zero-order chi connectivity index (χ0) is 25.9. The van der Waals surface area contributed by atoms with Crippen LogP contribution in [0.4, 0.5) is 0 Å². The lowest BCUT2D eigenvalue weighted by Crippen LogP contribution is -2.52. The number of hydrogen-bond acceptors (Lipinski definition) is 5. The van der Waals surface area contributed by atoms with Gasteiger partial charge in [0.25, 0.3) is 5.91 Å². The van der Waals surface area contributed by atoms with E-state index in [1.807, 2.05) is 24.3 Å². The number of unbranched alkanes of at least 4 members (excludes halogenated alkanes) is 1. The number of imide groups is 1. The van der Waals surface area contributed by atoms with Crippen molar-refractivity contribution in [2.24, 2.45) is 0 Å². The summed E-state index contributed by atoms with van der Waals surface area (Å²) in [5.74, 6) is -0.745. The summed E-state index contributed by atoms with van der Waals surface area (Å²) in [6.45, 7) is 6.27. The third-order valence-electron chi connectivity index (χ3n) is 7.90. The van der Waals surface area contributed by atoms with Crippen LogP contribution in [0.15, 0.2) is 36.4 Å². The van der Waals surface area contributed by atoms with Crippen molar-refractivity contribution in [1.82, 2.24) is 15.1 Å². The van der Waals surface area contributed by atoms with Crippen LogP contribution in [0, 0.1) is 0 Å². The standard InChI is InChI=1S/C29H34ClN3O4/c1-2-32(15-13-26-23-16-21(30)10-9-20(23)18-37-26)14-4-3-6-19-7-5-8-22-24(19)17-33(29(22)36)25-11-12-27(34)31-28(25)35/h5,7-10,16,25-26H,2-4,6,11-15,17-18H2,1H3,(H,31,34,35). The topological polar surface area (TPSA) is 79.0 Å². The van der Waals surface area contributed by atoms with Gasteiger partial charge in [-0.15, -0.1) is 0 Å². The molecule has 2 unspecified atom stereocenters. The Morgan fingerprint density at radius 3 is 2.81 bits per heavy atom. The predicted molar refractivity (Wildman–Crippen MR) is 141 cm³/mol. The molecule has 1 saturated heterocycles. The van der Waals surface area contributed by atoms with Crippen LogP contribution in [0.25, 0.3) is 0 Å². The number of halogens is 1. The minimum absolute atomic E-state index is 0.111. The number of rotatable bonds is 10. The lowest BCUT2D eigenvalue weighted by Gasteiger charge is -2.29. The van der Waals surface area contributed by atoms with Gasteiger partial charge in [-0.3, -0.25) is 19.7 Å². The van der Waals surface area contributed by atoms with E-state index in [0.717, 1.165) is 55.9 Å². The highest BCUT2D eigenvalue weighted by atomic mass is 35.5. The van der Waals surface area contributed by atoms with Gasteiger partial charge in [0.1, 0.15) is 6.04 Å². The molecule has 2 aromatic rings. The molecule has 8 heteroatoms. The number of piperidine rings is 1. The van der Waals surface area contributed by atoms with Gasteiger partial charge in [-0.1, -0.05) is 36.7 Å². The van der Waals surface area contributed by atoms with E-state index in [0.29, 0.717) is 25.1 Å². The SMILES string of the molecule is CCN(CCCCc1cccc2c1CN(C1CCC(=O)NC1=O)C2=O)CCC1OCc2ccc(Cl)cc21. The quantitative estimate of drug-likeness (QED) is 0.369. The van der Waals surface area contributed by atoms with Crippen LogP contribution < -0.4 is 5.32 Å². The third kappa shape index (κ3) is 5.59. The molecule has 3 aliphatic rings. The predicted octanol–water partition coefficient (Wildman–Crippen LogP) is 4.41. The van der Waals surface area contributed by atoms with Crippen molar-refractivity contribution in [3.63, 3.8) is 0 Å². The zero-order valence-corrected chi connectivity index (χ0v) is 22.1. The zero-order valence-electron chi connectivity index (χ0n) is 21.3. The van der Waals surface area contributed by atoms with Gasteiger partial charge in [-0.25, -0.2) is 0 Å². The molecule has 0 aromatic heterocycles. The van der Waals surface area contributed by atoms with E-state index in [1.54, 1.807) is 4.90 Å². The van der Waals surface area contributed by atoms with Gasteiger partial charge < -0.3 is 14.5 Å². The highest BCUT2D eigenvalue weighted by Gasteiger charge is 2.39. The van der Waals surface area contributed by atoms with Crippen molar-refractivity contribution >= 4 is 29.3 Å². The molecular weight excluding hydrogens is 490 g/mol. The molecule has 37 heavy (non-hydrogen) atoms. The number of hydrogen-bond donors (Lipinski definition) is 1. The van der Waals surface area contributed by atoms with E-state index in [-0.39, 0.29) is 30.2 Å². The molecule has 0 saturated carbocycles. The first-order valence-corrected chi connectivity index (χ1v) is 13.7. The number of nitrogens with one attached hydrogen (secondary N) is 1. The Labute approximate surface area is 223 Å². The van der Waals surface area contributed by atoms with Gasteiger partial charge in [0.15, 0.2) is 0 Å². The molecule has 1 N–H and O–H groups in total. The van der Waals surface area contributed by atoms with Gasteiger partial charge in [0, 0.05) is 30.1 Å². The molecule has 7 nitrogen and oxygen atoms in total. The van der Waals surface area contributed by atoms with Crippen LogP contribution >= 0.6 is 11.6 Å². The largest absolute Gasteiger partial charge is 0.369 e. The number of aryl methyl sites for hydroxylation is 1. The Morgan fingerprint density at radius 1 is 1.14 bits per heavy atom. The van der Waals surface area contributed by atoms with Crippen LogP contribution in [0.5, 0.6) is 0 Å². The Morgan fingerprint density at radius 2 is 2.00 bits per heavy atom. The van der Waals surface area contributed by atoms with E-state index in [1.165, 1.54) is 16.7 Å². The Bertz CT molecular complexity index is 1200. The second-order valence-electron chi connectivity index (χ2n) is 10.2. The minimum Gasteiger partial charge on any atom is -0.369 e. The molecule has 2 aromatic carbocycles. The molecule has 1 fully saturated rings. The summed E-state index contributed by atoms with van der Waals surface area (Å²) < 4.78 is 6.01. The first-order chi connectivity index (χ1) is 17.9. The maximum Gasteiger partial charge on any atom is 0.255 e. The van der Waals surface area contributed by atoms with Crippen LogP contribution in [0.3, 0.4) is 0 Å². The third-order valence-corrected chi connectivity index (χ3v) is 8.13. The molecule has 0 spiro atoms. The van der Waals surface area contributed by atoms with Gasteiger partial charge in [-0.2, -0.15) is 0 Å². The van der Waals surface area contributed by atoms with Crippen molar-refractivity contribution in [1.29, 1.82) is 0 Å². The second kappa shape index (κ2) is 11.3. The Balaban J connectivity index is 1.12. The van der Waals surface area contributed by atoms with Crippen molar-refractivity contribution < 1.29 is 19.1 Å². The lowest BCUT2D eigenvalue weighted by atomic mass is 9.98. The molecule has 0 bridgehead atoms. The van der Waals surface area contributed by atoms with Crippen LogP contribution in [0.2, 0.25) is 5.02 Å². The summed E-state index contributed by atoms with van der Waals surface area (Å²) in [4.78, 5) is 41.0. The van der Waals surface area contributed by atoms with E-state index < -0.39 is 6.04 Å². The normalized spacial score (nSPS) is 20.9. The van der Waals surface area contributed by atoms with Gasteiger partial charge in [-0.05, 0) is 85.6 Å². The van der Waals surface area contributed by atoms with E-state index in [4.69, 9.17) is 16.3 Å². The maximum absolute atomic E-state index is 13.0. The van der Waals surface area contributed by atoms with Crippen LogP contribution in [0.1, 0.15) is 77.7 Å². The fourth-order valence-electron chi connectivity index (χ4n) is 5.78. The number of fused-ring (bicyclic) bond motifs is 2. The average Bonchev–Trinajstić information content (AvgIpc) is 3.44. The number of nitrogens with zero attached hydrogens (tertiary/aromatic N) is 2. The monoisotopic (exact) mass is 523 g/mol. The Hall–Kier alpha value is -2.74. The maximum atomic E-state index is 13.0. The van der Waals surface area contributed by atoms with Crippen molar-refractivity contribution in [3.05, 3.63) is 69.2 Å². The molecular formula is C29H34ClN3O4. The highest BCUT2D eigenvalue weighted by molar-refractivity contribution is 6.30. The first-order valence-electron chi connectivity index (χ1n) is 13.3. The smallest absolute Gasteiger partial charge is 0.255 e. The number of carbonyl (C=O) groups is 3. The van der Waals surface area contributed by atoms with Crippen LogP contribution in [-0.2, 0) is 33.9 Å². The molecule has 2 atom stereocenters. The first kappa shape index (κ1) is 25.9. The average molecular weight is 524 g/mol. The number of carbonyl (C=O) groups excluding carboxylic acids is 3. The minimum atomic E-state index is -0.574. The number of ether oxygens (including phenoxy) is 1. The molecule has 3 heterocycles.